The van der Waals surface area contributed by atoms with Crippen molar-refractivity contribution in [1.82, 2.24) is 10.2 Å². The smallest absolute Gasteiger partial charge is 0.238 e. The highest BCUT2D eigenvalue weighted by molar-refractivity contribution is 9.10. The van der Waals surface area contributed by atoms with Crippen molar-refractivity contribution < 1.29 is 4.79 Å². The van der Waals surface area contributed by atoms with E-state index in [0.717, 1.165) is 48.2 Å². The molecule has 1 aromatic carbocycles. The van der Waals surface area contributed by atoms with Crippen molar-refractivity contribution in [3.05, 3.63) is 28.2 Å². The minimum atomic E-state index is 0.0702. The van der Waals surface area contributed by atoms with Gasteiger partial charge in [0.15, 0.2) is 0 Å². The maximum atomic E-state index is 12.3. The van der Waals surface area contributed by atoms with Crippen molar-refractivity contribution in [3.8, 4) is 0 Å². The molecule has 1 aliphatic heterocycles. The van der Waals surface area contributed by atoms with Crippen LogP contribution in [0.3, 0.4) is 0 Å². The largest absolute Gasteiger partial charge is 0.325 e. The molecule has 2 rings (SSSR count). The molecule has 0 aromatic heterocycles. The lowest BCUT2D eigenvalue weighted by molar-refractivity contribution is -0.118. The van der Waals surface area contributed by atoms with Gasteiger partial charge in [0, 0.05) is 16.2 Å². The SMILES string of the molecule is CCN(CC(=O)Nc1ccc(Br)cc1C)C1CCNCC1. The number of carbonyl (C=O) groups is 1. The summed E-state index contributed by atoms with van der Waals surface area (Å²) in [5.41, 5.74) is 1.97. The average Bonchev–Trinajstić information content (AvgIpc) is 2.48. The van der Waals surface area contributed by atoms with Gasteiger partial charge in [-0.1, -0.05) is 22.9 Å². The number of carbonyl (C=O) groups excluding carboxylic acids is 1. The third kappa shape index (κ3) is 4.80. The summed E-state index contributed by atoms with van der Waals surface area (Å²) < 4.78 is 1.03. The lowest BCUT2D eigenvalue weighted by atomic mass is 10.0. The van der Waals surface area contributed by atoms with Crippen molar-refractivity contribution >= 4 is 27.5 Å². The lowest BCUT2D eigenvalue weighted by Crippen LogP contribution is -2.46. The molecule has 1 aliphatic rings. The Morgan fingerprint density at radius 2 is 2.14 bits per heavy atom. The summed E-state index contributed by atoms with van der Waals surface area (Å²) >= 11 is 3.44. The highest BCUT2D eigenvalue weighted by Gasteiger charge is 2.21. The molecule has 0 bridgehead atoms. The molecule has 2 N–H and O–H groups in total. The molecule has 0 unspecified atom stereocenters. The molecule has 0 radical (unpaired) electrons. The van der Waals surface area contributed by atoms with Crippen LogP contribution in [0.2, 0.25) is 0 Å². The molecule has 0 atom stereocenters. The van der Waals surface area contributed by atoms with E-state index < -0.39 is 0 Å². The Hall–Kier alpha value is -0.910. The number of amides is 1. The number of likely N-dealkylation sites (N-methyl/N-ethyl adjacent to an activating group) is 1. The number of nitrogens with one attached hydrogen (secondary N) is 2. The van der Waals surface area contributed by atoms with Crippen LogP contribution in [0.4, 0.5) is 5.69 Å². The second-order valence-electron chi connectivity index (χ2n) is 5.55. The Labute approximate surface area is 135 Å². The summed E-state index contributed by atoms with van der Waals surface area (Å²) in [6, 6.07) is 6.43. The molecule has 21 heavy (non-hydrogen) atoms. The van der Waals surface area contributed by atoms with Crippen molar-refractivity contribution in [2.45, 2.75) is 32.7 Å². The second kappa shape index (κ2) is 7.92. The molecule has 5 heteroatoms. The molecular formula is C16H24BrN3O. The molecule has 4 nitrogen and oxygen atoms in total. The van der Waals surface area contributed by atoms with Crippen molar-refractivity contribution in [3.63, 3.8) is 0 Å². The molecule has 116 valence electrons. The van der Waals surface area contributed by atoms with E-state index >= 15 is 0 Å². The highest BCUT2D eigenvalue weighted by atomic mass is 79.9. The molecule has 1 amide bonds. The van der Waals surface area contributed by atoms with Gasteiger partial charge in [0.1, 0.15) is 0 Å². The third-order valence-corrected chi connectivity index (χ3v) is 4.53. The first-order valence-electron chi connectivity index (χ1n) is 7.61. The van der Waals surface area contributed by atoms with Crippen LogP contribution >= 0.6 is 15.9 Å². The van der Waals surface area contributed by atoms with Crippen molar-refractivity contribution in [1.29, 1.82) is 0 Å². The van der Waals surface area contributed by atoms with Gasteiger partial charge in [-0.25, -0.2) is 0 Å². The van der Waals surface area contributed by atoms with Gasteiger partial charge in [-0.15, -0.1) is 0 Å². The summed E-state index contributed by atoms with van der Waals surface area (Å²) in [4.78, 5) is 14.6. The van der Waals surface area contributed by atoms with Gasteiger partial charge in [0.2, 0.25) is 5.91 Å². The maximum absolute atomic E-state index is 12.3. The van der Waals surface area contributed by atoms with E-state index in [2.05, 4.69) is 38.4 Å². The first-order chi connectivity index (χ1) is 10.1. The minimum absolute atomic E-state index is 0.0702. The van der Waals surface area contributed by atoms with Gasteiger partial charge >= 0.3 is 0 Å². The molecule has 1 heterocycles. The fraction of sp³-hybridized carbons (Fsp3) is 0.562. The Kier molecular flexibility index (Phi) is 6.21. The summed E-state index contributed by atoms with van der Waals surface area (Å²) in [6.45, 7) is 7.61. The maximum Gasteiger partial charge on any atom is 0.238 e. The van der Waals surface area contributed by atoms with Crippen molar-refractivity contribution in [2.24, 2.45) is 0 Å². The van der Waals surface area contributed by atoms with Gasteiger partial charge in [-0.05, 0) is 63.2 Å². The standard InChI is InChI=1S/C16H24BrN3O/c1-3-20(14-6-8-18-9-7-14)11-16(21)19-15-5-4-13(17)10-12(15)2/h4-5,10,14,18H,3,6-9,11H2,1-2H3,(H,19,21). The molecule has 0 aliphatic carbocycles. The summed E-state index contributed by atoms with van der Waals surface area (Å²) in [5.74, 6) is 0.0702. The Morgan fingerprint density at radius 1 is 1.43 bits per heavy atom. The minimum Gasteiger partial charge on any atom is -0.325 e. The van der Waals surface area contributed by atoms with Gasteiger partial charge in [-0.2, -0.15) is 0 Å². The van der Waals surface area contributed by atoms with Crippen LogP contribution in [0.5, 0.6) is 0 Å². The van der Waals surface area contributed by atoms with Gasteiger partial charge in [0.05, 0.1) is 6.54 Å². The van der Waals surface area contributed by atoms with Crippen LogP contribution in [0, 0.1) is 6.92 Å². The van der Waals surface area contributed by atoms with Crippen molar-refractivity contribution in [2.75, 3.05) is 31.5 Å². The third-order valence-electron chi connectivity index (χ3n) is 4.04. The number of halogens is 1. The second-order valence-corrected chi connectivity index (χ2v) is 6.47. The zero-order chi connectivity index (χ0) is 15.2. The number of piperidine rings is 1. The zero-order valence-corrected chi connectivity index (χ0v) is 14.4. The molecule has 0 saturated carbocycles. The Morgan fingerprint density at radius 3 is 2.76 bits per heavy atom. The summed E-state index contributed by atoms with van der Waals surface area (Å²) in [7, 11) is 0. The number of hydrogen-bond acceptors (Lipinski definition) is 3. The molecular weight excluding hydrogens is 330 g/mol. The first kappa shape index (κ1) is 16.5. The predicted octanol–water partition coefficient (Wildman–Crippen LogP) is 2.77. The van der Waals surface area contributed by atoms with Gasteiger partial charge < -0.3 is 10.6 Å². The van der Waals surface area contributed by atoms with Crippen LogP contribution < -0.4 is 10.6 Å². The average molecular weight is 354 g/mol. The Balaban J connectivity index is 1.92. The molecule has 0 spiro atoms. The number of rotatable bonds is 5. The number of aryl methyl sites for hydroxylation is 1. The van der Waals surface area contributed by atoms with E-state index in [0.29, 0.717) is 12.6 Å². The van der Waals surface area contributed by atoms with E-state index in [4.69, 9.17) is 0 Å². The topological polar surface area (TPSA) is 44.4 Å². The predicted molar refractivity (Wildman–Crippen MR) is 90.6 cm³/mol. The number of anilines is 1. The lowest BCUT2D eigenvalue weighted by Gasteiger charge is -2.33. The van der Waals surface area contributed by atoms with E-state index in [9.17, 15) is 4.79 Å². The molecule has 1 fully saturated rings. The van der Waals surface area contributed by atoms with Crippen LogP contribution in [0.1, 0.15) is 25.3 Å². The quantitative estimate of drug-likeness (QED) is 0.855. The van der Waals surface area contributed by atoms with Crippen LogP contribution in [-0.2, 0) is 4.79 Å². The van der Waals surface area contributed by atoms with Crippen LogP contribution in [0.15, 0.2) is 22.7 Å². The normalized spacial score (nSPS) is 16.2. The molecule has 1 aromatic rings. The summed E-state index contributed by atoms with van der Waals surface area (Å²) in [5, 5.41) is 6.39. The number of nitrogens with zero attached hydrogens (tertiary/aromatic N) is 1. The number of hydrogen-bond donors (Lipinski definition) is 2. The zero-order valence-electron chi connectivity index (χ0n) is 12.8. The van der Waals surface area contributed by atoms with Gasteiger partial charge in [0.25, 0.3) is 0 Å². The van der Waals surface area contributed by atoms with E-state index in [1.54, 1.807) is 0 Å². The van der Waals surface area contributed by atoms with Crippen LogP contribution in [-0.4, -0.2) is 43.0 Å². The van der Waals surface area contributed by atoms with Gasteiger partial charge in [-0.3, -0.25) is 9.69 Å². The fourth-order valence-corrected chi connectivity index (χ4v) is 3.29. The fourth-order valence-electron chi connectivity index (χ4n) is 2.81. The number of benzene rings is 1. The highest BCUT2D eigenvalue weighted by Crippen LogP contribution is 2.20. The van der Waals surface area contributed by atoms with E-state index in [1.165, 1.54) is 0 Å². The van der Waals surface area contributed by atoms with E-state index in [-0.39, 0.29) is 5.91 Å². The van der Waals surface area contributed by atoms with Crippen LogP contribution in [0.25, 0.3) is 0 Å². The molecule has 1 saturated heterocycles. The van der Waals surface area contributed by atoms with E-state index in [1.807, 2.05) is 25.1 Å². The first-order valence-corrected chi connectivity index (χ1v) is 8.40. The summed E-state index contributed by atoms with van der Waals surface area (Å²) in [6.07, 6.45) is 2.25. The monoisotopic (exact) mass is 353 g/mol. The Bertz CT molecular complexity index is 486.